The number of halogens is 3. The van der Waals surface area contributed by atoms with Gasteiger partial charge >= 0.3 is 6.36 Å². The van der Waals surface area contributed by atoms with Gasteiger partial charge in [0.1, 0.15) is 11.3 Å². The van der Waals surface area contributed by atoms with E-state index in [1.807, 2.05) is 20.1 Å². The molecule has 4 aliphatic rings. The quantitative estimate of drug-likeness (QED) is 0.527. The Hall–Kier alpha value is -1.94. The first-order valence-electron chi connectivity index (χ1n) is 11.1. The summed E-state index contributed by atoms with van der Waals surface area (Å²) in [6.07, 6.45) is 2.28. The van der Waals surface area contributed by atoms with E-state index >= 15 is 0 Å². The third-order valence-electron chi connectivity index (χ3n) is 7.00. The van der Waals surface area contributed by atoms with Gasteiger partial charge in [-0.3, -0.25) is 9.59 Å². The SMILES string of the molecule is CSNC(C)(C)C(=O)NC1C2CC3CC1CC(C(N)=O)(C3)C2.FC(F)(F)Oc1ccccc1. The Morgan fingerprint density at radius 1 is 1.09 bits per heavy atom. The highest BCUT2D eigenvalue weighted by molar-refractivity contribution is 7.96. The largest absolute Gasteiger partial charge is 0.573 e. The molecule has 0 aliphatic heterocycles. The maximum absolute atomic E-state index is 12.6. The number of benzene rings is 1. The minimum atomic E-state index is -4.60. The molecule has 0 heterocycles. The number of hydrogen-bond donors (Lipinski definition) is 3. The van der Waals surface area contributed by atoms with Crippen molar-refractivity contribution in [1.82, 2.24) is 10.0 Å². The molecule has 2 atom stereocenters. The molecule has 4 fully saturated rings. The molecule has 1 aromatic carbocycles. The minimum absolute atomic E-state index is 0.0486. The lowest BCUT2D eigenvalue weighted by atomic mass is 9.47. The summed E-state index contributed by atoms with van der Waals surface area (Å²) >= 11 is 1.46. The maximum atomic E-state index is 12.6. The number of rotatable bonds is 6. The van der Waals surface area contributed by atoms with E-state index in [-0.39, 0.29) is 29.0 Å². The molecule has 2 unspecified atom stereocenters. The van der Waals surface area contributed by atoms with Crippen molar-refractivity contribution in [1.29, 1.82) is 0 Å². The fourth-order valence-corrected chi connectivity index (χ4v) is 6.42. The molecule has 10 heteroatoms. The molecular weight excluding hydrogens is 455 g/mol. The summed E-state index contributed by atoms with van der Waals surface area (Å²) in [7, 11) is 0. The number of nitrogens with one attached hydrogen (secondary N) is 2. The summed E-state index contributed by atoms with van der Waals surface area (Å²) in [4.78, 5) is 24.5. The Balaban J connectivity index is 0.000000235. The second-order valence-corrected chi connectivity index (χ2v) is 10.5. The highest BCUT2D eigenvalue weighted by Gasteiger charge is 2.58. The zero-order valence-electron chi connectivity index (χ0n) is 19.1. The summed E-state index contributed by atoms with van der Waals surface area (Å²) < 4.78 is 41.3. The Kier molecular flexibility index (Phi) is 7.58. The number of nitrogens with two attached hydrogens (primary N) is 1. The monoisotopic (exact) mass is 487 g/mol. The van der Waals surface area contributed by atoms with Gasteiger partial charge in [0.25, 0.3) is 0 Å². The lowest BCUT2D eigenvalue weighted by Crippen LogP contribution is -2.64. The van der Waals surface area contributed by atoms with Crippen molar-refractivity contribution >= 4 is 23.8 Å². The van der Waals surface area contributed by atoms with Gasteiger partial charge in [0, 0.05) is 11.5 Å². The lowest BCUT2D eigenvalue weighted by molar-refractivity contribution is -0.274. The van der Waals surface area contributed by atoms with Crippen LogP contribution in [0.15, 0.2) is 30.3 Å². The summed E-state index contributed by atoms with van der Waals surface area (Å²) in [6.45, 7) is 3.81. The number of ether oxygens (including phenoxy) is 1. The van der Waals surface area contributed by atoms with Gasteiger partial charge in [0.15, 0.2) is 0 Å². The number of carbonyl (C=O) groups is 2. The molecule has 33 heavy (non-hydrogen) atoms. The highest BCUT2D eigenvalue weighted by Crippen LogP contribution is 2.59. The molecule has 2 amide bonds. The van der Waals surface area contributed by atoms with E-state index in [0.29, 0.717) is 17.8 Å². The van der Waals surface area contributed by atoms with Crippen LogP contribution in [0, 0.1) is 23.2 Å². The predicted octanol–water partition coefficient (Wildman–Crippen LogP) is 4.01. The standard InChI is InChI=1S/C16H27N3O2S.C7H5F3O/c1-15(2,19-22-3)14(21)18-12-10-4-9-5-11(12)8-16(6-9,7-10)13(17)20;8-7(9,10)11-6-4-2-1-3-5-6/h9-12,19H,4-8H2,1-3H3,(H2,17,20)(H,18,21);1-5H. The highest BCUT2D eigenvalue weighted by atomic mass is 32.2. The van der Waals surface area contributed by atoms with Crippen LogP contribution < -0.4 is 20.5 Å². The van der Waals surface area contributed by atoms with Gasteiger partial charge in [-0.15, -0.1) is 13.2 Å². The molecular formula is C23H32F3N3O3S. The Morgan fingerprint density at radius 2 is 1.67 bits per heavy atom. The first-order valence-corrected chi connectivity index (χ1v) is 12.3. The predicted molar refractivity (Wildman–Crippen MR) is 121 cm³/mol. The van der Waals surface area contributed by atoms with E-state index < -0.39 is 11.9 Å². The summed E-state index contributed by atoms with van der Waals surface area (Å²) in [5.41, 5.74) is 4.83. The molecule has 4 N–H and O–H groups in total. The first kappa shape index (κ1) is 25.7. The van der Waals surface area contributed by atoms with Crippen LogP contribution in [0.25, 0.3) is 0 Å². The fourth-order valence-electron chi connectivity index (χ4n) is 5.82. The second kappa shape index (κ2) is 9.74. The van der Waals surface area contributed by atoms with E-state index in [1.165, 1.54) is 36.2 Å². The average molecular weight is 488 g/mol. The minimum Gasteiger partial charge on any atom is -0.406 e. The molecule has 4 bridgehead atoms. The third-order valence-corrected chi connectivity index (χ3v) is 7.71. The molecule has 0 saturated heterocycles. The van der Waals surface area contributed by atoms with Crippen molar-refractivity contribution in [3.8, 4) is 5.75 Å². The third kappa shape index (κ3) is 6.15. The van der Waals surface area contributed by atoms with Gasteiger partial charge < -0.3 is 15.8 Å². The number of para-hydroxylation sites is 1. The molecule has 0 spiro atoms. The van der Waals surface area contributed by atoms with Crippen molar-refractivity contribution in [2.24, 2.45) is 28.9 Å². The van der Waals surface area contributed by atoms with Gasteiger partial charge in [-0.25, -0.2) is 4.72 Å². The van der Waals surface area contributed by atoms with E-state index in [4.69, 9.17) is 5.73 Å². The summed E-state index contributed by atoms with van der Waals surface area (Å²) in [5.74, 6) is 1.17. The average Bonchev–Trinajstić information content (AvgIpc) is 2.70. The Bertz CT molecular complexity index is 834. The molecule has 184 valence electrons. The van der Waals surface area contributed by atoms with Crippen molar-refractivity contribution < 1.29 is 27.5 Å². The van der Waals surface area contributed by atoms with Crippen molar-refractivity contribution in [2.75, 3.05) is 6.26 Å². The molecule has 5 rings (SSSR count). The van der Waals surface area contributed by atoms with Gasteiger partial charge in [0.2, 0.25) is 11.8 Å². The van der Waals surface area contributed by atoms with Crippen molar-refractivity contribution in [2.45, 2.75) is 63.9 Å². The van der Waals surface area contributed by atoms with Crippen molar-refractivity contribution in [3.63, 3.8) is 0 Å². The summed E-state index contributed by atoms with van der Waals surface area (Å²) in [6, 6.07) is 7.26. The van der Waals surface area contributed by atoms with Gasteiger partial charge in [-0.2, -0.15) is 0 Å². The number of alkyl halides is 3. The van der Waals surface area contributed by atoms with E-state index in [0.717, 1.165) is 32.1 Å². The lowest BCUT2D eigenvalue weighted by Gasteiger charge is -2.59. The maximum Gasteiger partial charge on any atom is 0.573 e. The van der Waals surface area contributed by atoms with Crippen LogP contribution in [0.5, 0.6) is 5.75 Å². The second-order valence-electron chi connectivity index (χ2n) is 9.91. The van der Waals surface area contributed by atoms with Gasteiger partial charge in [-0.1, -0.05) is 30.1 Å². The first-order chi connectivity index (χ1) is 15.3. The van der Waals surface area contributed by atoms with E-state index in [9.17, 15) is 22.8 Å². The Morgan fingerprint density at radius 3 is 2.15 bits per heavy atom. The zero-order chi connectivity index (χ0) is 24.4. The molecule has 1 aromatic rings. The van der Waals surface area contributed by atoms with Gasteiger partial charge in [-0.05, 0) is 82.1 Å². The van der Waals surface area contributed by atoms with Crippen LogP contribution in [-0.2, 0) is 9.59 Å². The normalized spacial score (nSPS) is 30.2. The number of hydrogen-bond acceptors (Lipinski definition) is 5. The smallest absolute Gasteiger partial charge is 0.406 e. The molecule has 4 aliphatic carbocycles. The molecule has 4 saturated carbocycles. The van der Waals surface area contributed by atoms with Gasteiger partial charge in [0.05, 0.1) is 0 Å². The Labute approximate surface area is 196 Å². The van der Waals surface area contributed by atoms with Crippen LogP contribution >= 0.6 is 11.9 Å². The van der Waals surface area contributed by atoms with Crippen LogP contribution in [0.1, 0.15) is 46.0 Å². The summed E-state index contributed by atoms with van der Waals surface area (Å²) in [5, 5.41) is 3.28. The molecule has 6 nitrogen and oxygen atoms in total. The van der Waals surface area contributed by atoms with Crippen molar-refractivity contribution in [3.05, 3.63) is 30.3 Å². The number of amides is 2. The number of carbonyl (C=O) groups excluding carboxylic acids is 2. The fraction of sp³-hybridized carbons (Fsp3) is 0.652. The molecule has 0 aromatic heterocycles. The zero-order valence-corrected chi connectivity index (χ0v) is 19.9. The van der Waals surface area contributed by atoms with E-state index in [2.05, 4.69) is 14.8 Å². The van der Waals surface area contributed by atoms with Crippen LogP contribution in [0.2, 0.25) is 0 Å². The number of primary amides is 1. The topological polar surface area (TPSA) is 93.5 Å². The van der Waals surface area contributed by atoms with E-state index in [1.54, 1.807) is 6.07 Å². The van der Waals surface area contributed by atoms with Crippen LogP contribution in [0.4, 0.5) is 13.2 Å². The van der Waals surface area contributed by atoms with Crippen LogP contribution in [0.3, 0.4) is 0 Å². The molecule has 0 radical (unpaired) electrons. The van der Waals surface area contributed by atoms with Crippen LogP contribution in [-0.4, -0.2) is 36.0 Å².